The van der Waals surface area contributed by atoms with Crippen molar-refractivity contribution in [3.05, 3.63) is 65.2 Å². The summed E-state index contributed by atoms with van der Waals surface area (Å²) < 4.78 is 5.12. The van der Waals surface area contributed by atoms with E-state index >= 15 is 0 Å². The second-order valence-corrected chi connectivity index (χ2v) is 4.33. The minimum absolute atomic E-state index is 0.0460. The molecule has 1 heterocycles. The number of hydrogen-bond acceptors (Lipinski definition) is 2. The molecule has 0 radical (unpaired) electrons. The van der Waals surface area contributed by atoms with Gasteiger partial charge in [-0.3, -0.25) is 4.79 Å². The molecule has 1 N–H and O–H groups in total. The van der Waals surface area contributed by atoms with Gasteiger partial charge in [-0.25, -0.2) is 0 Å². The van der Waals surface area contributed by atoms with Gasteiger partial charge in [-0.1, -0.05) is 30.3 Å². The summed E-state index contributed by atoms with van der Waals surface area (Å²) in [5.74, 6) is 0.772. The summed E-state index contributed by atoms with van der Waals surface area (Å²) in [6, 6.07) is 15.3. The van der Waals surface area contributed by atoms with Crippen LogP contribution >= 0.6 is 0 Å². The molecule has 3 heteroatoms. The molecule has 1 aliphatic heterocycles. The van der Waals surface area contributed by atoms with Crippen molar-refractivity contribution in [2.45, 2.75) is 0 Å². The largest absolute Gasteiger partial charge is 0.497 e. The van der Waals surface area contributed by atoms with Crippen LogP contribution in [0.4, 0.5) is 0 Å². The maximum absolute atomic E-state index is 11.8. The summed E-state index contributed by atoms with van der Waals surface area (Å²) in [5, 5.41) is 2.89. The number of nitrogens with one attached hydrogen (secondary N) is 1. The summed E-state index contributed by atoms with van der Waals surface area (Å²) in [7, 11) is 1.64. The van der Waals surface area contributed by atoms with E-state index in [-0.39, 0.29) is 5.91 Å². The molecule has 2 aromatic rings. The lowest BCUT2D eigenvalue weighted by molar-refractivity contribution is 0.0981. The van der Waals surface area contributed by atoms with Crippen molar-refractivity contribution < 1.29 is 9.53 Å². The molecule has 0 aliphatic carbocycles. The molecule has 0 atom stereocenters. The number of rotatable bonds is 2. The van der Waals surface area contributed by atoms with Crippen molar-refractivity contribution in [3.63, 3.8) is 0 Å². The monoisotopic (exact) mass is 251 g/mol. The van der Waals surface area contributed by atoms with Gasteiger partial charge in [0.25, 0.3) is 5.91 Å². The molecule has 0 saturated heterocycles. The fraction of sp³-hybridized carbons (Fsp3) is 0.0625. The van der Waals surface area contributed by atoms with E-state index < -0.39 is 0 Å². The van der Waals surface area contributed by atoms with Gasteiger partial charge in [0.05, 0.1) is 7.11 Å². The number of amides is 1. The Morgan fingerprint density at radius 1 is 1.00 bits per heavy atom. The van der Waals surface area contributed by atoms with E-state index in [9.17, 15) is 4.79 Å². The highest BCUT2D eigenvalue weighted by atomic mass is 16.5. The summed E-state index contributed by atoms with van der Waals surface area (Å²) in [6.45, 7) is 0. The third kappa shape index (κ3) is 2.10. The van der Waals surface area contributed by atoms with Crippen LogP contribution < -0.4 is 10.1 Å². The van der Waals surface area contributed by atoms with Crippen molar-refractivity contribution in [2.75, 3.05) is 7.11 Å². The molecule has 0 saturated carbocycles. The van der Waals surface area contributed by atoms with E-state index in [0.29, 0.717) is 0 Å². The summed E-state index contributed by atoms with van der Waals surface area (Å²) in [4.78, 5) is 11.8. The Morgan fingerprint density at radius 3 is 2.37 bits per heavy atom. The van der Waals surface area contributed by atoms with Crippen LogP contribution in [0.15, 0.2) is 48.5 Å². The smallest absolute Gasteiger partial charge is 0.256 e. The number of fused-ring (bicyclic) bond motifs is 1. The maximum atomic E-state index is 11.8. The molecule has 1 amide bonds. The second kappa shape index (κ2) is 4.61. The average molecular weight is 251 g/mol. The summed E-state index contributed by atoms with van der Waals surface area (Å²) >= 11 is 0. The SMILES string of the molecule is COc1ccc(/C=C2\NC(=O)c3ccccc32)cc1. The molecule has 94 valence electrons. The van der Waals surface area contributed by atoms with Gasteiger partial charge < -0.3 is 10.1 Å². The zero-order valence-electron chi connectivity index (χ0n) is 10.5. The first-order valence-corrected chi connectivity index (χ1v) is 6.04. The average Bonchev–Trinajstić information content (AvgIpc) is 2.77. The second-order valence-electron chi connectivity index (χ2n) is 4.33. The van der Waals surface area contributed by atoms with Crippen LogP contribution in [0, 0.1) is 0 Å². The predicted molar refractivity (Wildman–Crippen MR) is 74.8 cm³/mol. The fourth-order valence-corrected chi connectivity index (χ4v) is 2.15. The van der Waals surface area contributed by atoms with Crippen LogP contribution in [0.2, 0.25) is 0 Å². The number of methoxy groups -OCH3 is 1. The molecule has 0 fully saturated rings. The quantitative estimate of drug-likeness (QED) is 0.891. The number of hydrogen-bond donors (Lipinski definition) is 1. The molecule has 19 heavy (non-hydrogen) atoms. The molecule has 0 unspecified atom stereocenters. The summed E-state index contributed by atoms with van der Waals surface area (Å²) in [5.41, 5.74) is 3.53. The van der Waals surface area contributed by atoms with Gasteiger partial charge in [0, 0.05) is 16.8 Å². The first kappa shape index (κ1) is 11.5. The lowest BCUT2D eigenvalue weighted by atomic mass is 10.1. The van der Waals surface area contributed by atoms with Gasteiger partial charge in [0.15, 0.2) is 0 Å². The molecule has 0 aromatic heterocycles. The first-order valence-electron chi connectivity index (χ1n) is 6.04. The Kier molecular flexibility index (Phi) is 2.80. The van der Waals surface area contributed by atoms with Crippen molar-refractivity contribution >= 4 is 17.7 Å². The highest BCUT2D eigenvalue weighted by molar-refractivity contribution is 6.11. The topological polar surface area (TPSA) is 38.3 Å². The Bertz CT molecular complexity index is 657. The van der Waals surface area contributed by atoms with E-state index in [1.165, 1.54) is 0 Å². The lowest BCUT2D eigenvalue weighted by Gasteiger charge is -2.02. The number of benzene rings is 2. The molecular weight excluding hydrogens is 238 g/mol. The minimum Gasteiger partial charge on any atom is -0.497 e. The molecule has 0 bridgehead atoms. The lowest BCUT2D eigenvalue weighted by Crippen LogP contribution is -2.11. The molecule has 1 aliphatic rings. The normalized spacial score (nSPS) is 15.2. The molecule has 2 aromatic carbocycles. The van der Waals surface area contributed by atoms with Crippen LogP contribution in [0.1, 0.15) is 21.5 Å². The first-order chi connectivity index (χ1) is 9.28. The van der Waals surface area contributed by atoms with Crippen LogP contribution in [-0.2, 0) is 0 Å². The highest BCUT2D eigenvalue weighted by Crippen LogP contribution is 2.26. The Morgan fingerprint density at radius 2 is 1.68 bits per heavy atom. The van der Waals surface area contributed by atoms with Gasteiger partial charge in [0.2, 0.25) is 0 Å². The molecule has 0 spiro atoms. The standard InChI is InChI=1S/C16H13NO2/c1-19-12-8-6-11(7-9-12)10-15-13-4-2-3-5-14(13)16(18)17-15/h2-10H,1H3,(H,17,18)/b15-10-. The van der Waals surface area contributed by atoms with Crippen LogP contribution in [0.25, 0.3) is 11.8 Å². The third-order valence-electron chi connectivity index (χ3n) is 3.14. The van der Waals surface area contributed by atoms with Crippen LogP contribution in [0.3, 0.4) is 0 Å². The predicted octanol–water partition coefficient (Wildman–Crippen LogP) is 2.94. The third-order valence-corrected chi connectivity index (χ3v) is 3.14. The van der Waals surface area contributed by atoms with E-state index in [1.54, 1.807) is 7.11 Å². The Labute approximate surface area is 111 Å². The maximum Gasteiger partial charge on any atom is 0.256 e. The van der Waals surface area contributed by atoms with E-state index in [2.05, 4.69) is 5.32 Å². The zero-order chi connectivity index (χ0) is 13.2. The van der Waals surface area contributed by atoms with Crippen LogP contribution in [-0.4, -0.2) is 13.0 Å². The van der Waals surface area contributed by atoms with E-state index in [1.807, 2.05) is 54.6 Å². The number of carbonyl (C=O) groups excluding carboxylic acids is 1. The van der Waals surface area contributed by atoms with E-state index in [0.717, 1.165) is 28.1 Å². The zero-order valence-corrected chi connectivity index (χ0v) is 10.5. The minimum atomic E-state index is -0.0460. The number of carbonyl (C=O) groups is 1. The Hall–Kier alpha value is -2.55. The molecule has 3 nitrogen and oxygen atoms in total. The van der Waals surface area contributed by atoms with Gasteiger partial charge in [-0.2, -0.15) is 0 Å². The van der Waals surface area contributed by atoms with Gasteiger partial charge >= 0.3 is 0 Å². The van der Waals surface area contributed by atoms with Crippen molar-refractivity contribution in [3.8, 4) is 5.75 Å². The van der Waals surface area contributed by atoms with E-state index in [4.69, 9.17) is 4.74 Å². The Balaban J connectivity index is 1.98. The van der Waals surface area contributed by atoms with Crippen molar-refractivity contribution in [2.24, 2.45) is 0 Å². The van der Waals surface area contributed by atoms with Gasteiger partial charge in [0.1, 0.15) is 5.75 Å². The molecule has 3 rings (SSSR count). The number of ether oxygens (including phenoxy) is 1. The molecular formula is C16H13NO2. The summed E-state index contributed by atoms with van der Waals surface area (Å²) in [6.07, 6.45) is 1.96. The van der Waals surface area contributed by atoms with Gasteiger partial charge in [-0.15, -0.1) is 0 Å². The fourth-order valence-electron chi connectivity index (χ4n) is 2.15. The van der Waals surface area contributed by atoms with Crippen LogP contribution in [0.5, 0.6) is 5.75 Å². The highest BCUT2D eigenvalue weighted by Gasteiger charge is 2.22. The van der Waals surface area contributed by atoms with Gasteiger partial charge in [-0.05, 0) is 29.8 Å². The van der Waals surface area contributed by atoms with Crippen molar-refractivity contribution in [1.29, 1.82) is 0 Å². The van der Waals surface area contributed by atoms with Crippen molar-refractivity contribution in [1.82, 2.24) is 5.32 Å².